The number of hydrogen-bond donors (Lipinski definition) is 1. The normalized spacial score (nSPS) is 8.94. The highest BCUT2D eigenvalue weighted by Gasteiger charge is 2.59. The number of halogens is 4. The van der Waals surface area contributed by atoms with Crippen LogP contribution in [0.4, 0.5) is 34.6 Å². The number of amides is 2. The van der Waals surface area contributed by atoms with Crippen LogP contribution in [0.3, 0.4) is 0 Å². The Morgan fingerprint density at radius 3 is 1.10 bits per heavy atom. The Labute approximate surface area is 508 Å². The second-order valence-corrected chi connectivity index (χ2v) is 14.6. The molecule has 1 heterocycles. The Morgan fingerprint density at radius 1 is 0.540 bits per heavy atom. The van der Waals surface area contributed by atoms with E-state index in [2.05, 4.69) is 312 Å². The molecule has 4 rings (SSSR count). The SMILES string of the molecule is C#CC#CC#CC#CC#CC#CC#CC#CC#CC#CC#CC#CC#CC#CC#CC#CC#CC#CC#CC#CC#CC#CC#CC#CC#CC#CC#N.[C-]#[N+]c1ccc(N2C(=O)C3(CCC3)N(c3ccc(C(=O)NC)c(F)c3)C2=S)cc1C(F)(F)F. The minimum Gasteiger partial charge on any atom is -0.355 e. The molecule has 2 aromatic rings. The van der Waals surface area contributed by atoms with Gasteiger partial charge in [0.2, 0.25) is 0 Å². The summed E-state index contributed by atoms with van der Waals surface area (Å²) >= 11 is 5.49. The lowest BCUT2D eigenvalue weighted by Gasteiger charge is -2.43. The summed E-state index contributed by atoms with van der Waals surface area (Å²) in [5.74, 6) is 123. The van der Waals surface area contributed by atoms with Crippen molar-refractivity contribution in [1.29, 1.82) is 5.26 Å². The third kappa shape index (κ3) is 24.8. The molecular formula is C75H17F4N5O2S. The highest BCUT2D eigenvalue weighted by Crippen LogP contribution is 2.49. The molecular weight excluding hydrogens is 1110 g/mol. The number of benzene rings is 2. The molecule has 1 aliphatic carbocycles. The quantitative estimate of drug-likeness (QED) is 0.202. The first-order valence-electron chi connectivity index (χ1n) is 23.1. The molecule has 2 amide bonds. The molecule has 388 valence electrons. The Kier molecular flexibility index (Phi) is 30.1. The molecule has 0 radical (unpaired) electrons. The van der Waals surface area contributed by atoms with Crippen molar-refractivity contribution in [3.05, 3.63) is 64.8 Å². The van der Waals surface area contributed by atoms with E-state index < -0.39 is 40.6 Å². The number of thiocarbonyl (C=S) groups is 1. The van der Waals surface area contributed by atoms with Gasteiger partial charge in [-0.25, -0.2) is 9.24 Å². The molecule has 1 aliphatic heterocycles. The maximum Gasteiger partial charge on any atom is 0.407 e. The smallest absolute Gasteiger partial charge is 0.355 e. The van der Waals surface area contributed by atoms with Crippen LogP contribution in [0.25, 0.3) is 4.85 Å². The van der Waals surface area contributed by atoms with Gasteiger partial charge in [0.05, 0.1) is 17.7 Å². The van der Waals surface area contributed by atoms with E-state index in [1.54, 1.807) is 6.07 Å². The fraction of sp³-hybridized carbons (Fsp3) is 0.0800. The van der Waals surface area contributed by atoms with Crippen LogP contribution in [0, 0.1) is 332 Å². The first-order valence-corrected chi connectivity index (χ1v) is 23.5. The molecule has 0 bridgehead atoms. The molecule has 2 aliphatic rings. The summed E-state index contributed by atoms with van der Waals surface area (Å²) in [5.41, 5.74) is -3.01. The Bertz CT molecular complexity index is 4960. The van der Waals surface area contributed by atoms with E-state index in [-0.39, 0.29) is 22.1 Å². The standard InChI is InChI=1S/C53HN.C22H16F4N4O2S/c1-2-3-4-5-6-7-8-9-10-11-12-13-14-15-16-17-18-19-20-21-22-23-24-25-26-27-28-29-30-31-32-33-34-35-36-37-38-39-40-41-42-43-44-45-46-47-48-49-50-51-52-53-54;1-27-17-7-5-12(10-15(17)22(24,25)26)29-19(32)21(8-3-9-21)30(20(29)33)13-4-6-14(16(23)11-13)18(31)28-2/h1H;4-7,10-11H,3,8-9H2,2H3,(H,28,31). The molecule has 0 aromatic heterocycles. The van der Waals surface area contributed by atoms with Crippen molar-refractivity contribution in [3.63, 3.8) is 0 Å². The summed E-state index contributed by atoms with van der Waals surface area (Å²) in [7, 11) is 1.36. The predicted octanol–water partition coefficient (Wildman–Crippen LogP) is 5.04. The lowest BCUT2D eigenvalue weighted by Crippen LogP contribution is -2.55. The number of nitrogens with one attached hydrogen (secondary N) is 1. The summed E-state index contributed by atoms with van der Waals surface area (Å²) < 4.78 is 55.1. The largest absolute Gasteiger partial charge is 0.407 e. The molecule has 12 heteroatoms. The van der Waals surface area contributed by atoms with Crippen molar-refractivity contribution in [3.8, 4) is 314 Å². The zero-order valence-electron chi connectivity index (χ0n) is 44.2. The van der Waals surface area contributed by atoms with Crippen molar-refractivity contribution in [2.24, 2.45) is 0 Å². The molecule has 87 heavy (non-hydrogen) atoms. The minimum atomic E-state index is -4.80. The number of anilines is 2. The lowest BCUT2D eigenvalue weighted by atomic mass is 9.75. The first-order chi connectivity index (χ1) is 42.5. The average molecular weight is 1130 g/mol. The maximum absolute atomic E-state index is 14.6. The third-order valence-corrected chi connectivity index (χ3v) is 9.49. The van der Waals surface area contributed by atoms with Gasteiger partial charge in [-0.1, -0.05) is 6.07 Å². The summed E-state index contributed by atoms with van der Waals surface area (Å²) in [6, 6.07) is 8.37. The van der Waals surface area contributed by atoms with Crippen LogP contribution in [0.2, 0.25) is 0 Å². The lowest BCUT2D eigenvalue weighted by molar-refractivity contribution is -0.137. The van der Waals surface area contributed by atoms with Crippen molar-refractivity contribution >= 4 is 46.2 Å². The Morgan fingerprint density at radius 2 is 0.851 bits per heavy atom. The average Bonchev–Trinajstić information content (AvgIpc) is 1.58. The number of nitriles is 1. The zero-order chi connectivity index (χ0) is 62.9. The van der Waals surface area contributed by atoms with Gasteiger partial charge in [-0.2, -0.15) is 18.4 Å². The first kappa shape index (κ1) is 65.8. The molecule has 2 aromatic carbocycles. The van der Waals surface area contributed by atoms with Crippen molar-refractivity contribution in [2.75, 3.05) is 16.8 Å². The van der Waals surface area contributed by atoms with Gasteiger partial charge in [-0.05, 0) is 109 Å². The number of nitrogens with zero attached hydrogens (tertiary/aromatic N) is 4. The van der Waals surface area contributed by atoms with E-state index >= 15 is 0 Å². The number of terminal acetylenes is 1. The molecule has 0 unspecified atom stereocenters. The van der Waals surface area contributed by atoms with Gasteiger partial charge in [-0.15, -0.1) is 6.42 Å². The summed E-state index contributed by atoms with van der Waals surface area (Å²) in [4.78, 5) is 30.6. The highest BCUT2D eigenvalue weighted by molar-refractivity contribution is 7.81. The summed E-state index contributed by atoms with van der Waals surface area (Å²) in [5, 5.41) is 10.4. The van der Waals surface area contributed by atoms with Crippen LogP contribution in [0.1, 0.15) is 35.2 Å². The van der Waals surface area contributed by atoms with Gasteiger partial charge in [0.25, 0.3) is 11.8 Å². The maximum atomic E-state index is 14.6. The highest BCUT2D eigenvalue weighted by atomic mass is 32.1. The molecule has 0 atom stereocenters. The molecule has 1 saturated carbocycles. The fourth-order valence-electron chi connectivity index (χ4n) is 5.72. The van der Waals surface area contributed by atoms with Crippen LogP contribution in [0.15, 0.2) is 36.4 Å². The van der Waals surface area contributed by atoms with Crippen LogP contribution in [-0.4, -0.2) is 29.5 Å². The molecule has 1 saturated heterocycles. The van der Waals surface area contributed by atoms with Crippen LogP contribution in [-0.2, 0) is 11.0 Å². The van der Waals surface area contributed by atoms with E-state index in [0.29, 0.717) is 19.3 Å². The van der Waals surface area contributed by atoms with Crippen LogP contribution in [0.5, 0.6) is 0 Å². The second kappa shape index (κ2) is 39.8. The minimum absolute atomic E-state index is 0.101. The van der Waals surface area contributed by atoms with Crippen LogP contribution >= 0.6 is 12.2 Å². The number of carbonyl (C=O) groups excluding carboxylic acids is 2. The van der Waals surface area contributed by atoms with Crippen LogP contribution < -0.4 is 15.1 Å². The predicted molar refractivity (Wildman–Crippen MR) is 325 cm³/mol. The molecule has 1 spiro atoms. The second-order valence-electron chi connectivity index (χ2n) is 14.2. The molecule has 1 N–H and O–H groups in total. The van der Waals surface area contributed by atoms with Gasteiger partial charge < -0.3 is 10.2 Å². The third-order valence-electron chi connectivity index (χ3n) is 9.13. The van der Waals surface area contributed by atoms with Gasteiger partial charge in [0, 0.05) is 273 Å². The van der Waals surface area contributed by atoms with E-state index in [1.807, 2.05) is 0 Å². The van der Waals surface area contributed by atoms with Crippen molar-refractivity contribution < 1.29 is 27.2 Å². The van der Waals surface area contributed by atoms with E-state index in [9.17, 15) is 27.2 Å². The summed E-state index contributed by atoms with van der Waals surface area (Å²) in [6.45, 7) is 7.00. The van der Waals surface area contributed by atoms with Gasteiger partial charge in [-0.3, -0.25) is 14.5 Å². The Hall–Kier alpha value is -15.5. The number of alkyl halides is 3. The van der Waals surface area contributed by atoms with Gasteiger partial charge >= 0.3 is 6.18 Å². The zero-order valence-corrected chi connectivity index (χ0v) is 45.0. The van der Waals surface area contributed by atoms with E-state index in [4.69, 9.17) is 30.5 Å². The monoisotopic (exact) mass is 1130 g/mol. The summed E-state index contributed by atoms with van der Waals surface area (Å²) in [6.07, 6.45) is 1.59. The number of rotatable bonds is 3. The van der Waals surface area contributed by atoms with E-state index in [1.165, 1.54) is 30.1 Å². The number of hydrogen-bond acceptors (Lipinski definition) is 4. The molecule has 7 nitrogen and oxygen atoms in total. The van der Waals surface area contributed by atoms with Gasteiger partial charge in [0.15, 0.2) is 16.9 Å². The number of carbonyl (C=O) groups is 2. The Balaban J connectivity index is 0.000000506. The van der Waals surface area contributed by atoms with E-state index in [0.717, 1.165) is 23.1 Å². The van der Waals surface area contributed by atoms with Crippen molar-refractivity contribution in [1.82, 2.24) is 5.32 Å². The van der Waals surface area contributed by atoms with Crippen molar-refractivity contribution in [2.45, 2.75) is 31.0 Å². The van der Waals surface area contributed by atoms with Gasteiger partial charge in [0.1, 0.15) is 11.4 Å². The molecule has 2 fully saturated rings. The fourth-order valence-corrected chi connectivity index (χ4v) is 6.19. The topological polar surface area (TPSA) is 80.8 Å².